The van der Waals surface area contributed by atoms with Crippen LogP contribution in [0, 0.1) is 20.8 Å². The van der Waals surface area contributed by atoms with Gasteiger partial charge in [0.1, 0.15) is 11.6 Å². The number of aromatic nitrogens is 5. The van der Waals surface area contributed by atoms with Crippen molar-refractivity contribution in [2.24, 2.45) is 0 Å². The van der Waals surface area contributed by atoms with E-state index in [1.165, 1.54) is 0 Å². The quantitative estimate of drug-likeness (QED) is 0.468. The Bertz CT molecular complexity index is 1520. The summed E-state index contributed by atoms with van der Waals surface area (Å²) in [5.41, 5.74) is 6.18. The predicted octanol–water partition coefficient (Wildman–Crippen LogP) is 4.75. The van der Waals surface area contributed by atoms with Crippen molar-refractivity contribution in [2.45, 2.75) is 20.8 Å². The van der Waals surface area contributed by atoms with Gasteiger partial charge in [-0.2, -0.15) is 0 Å². The molecule has 0 bridgehead atoms. The molecule has 31 heavy (non-hydrogen) atoms. The molecule has 0 unspecified atom stereocenters. The lowest BCUT2D eigenvalue weighted by Gasteiger charge is -2.16. The van der Waals surface area contributed by atoms with Gasteiger partial charge < -0.3 is 4.98 Å². The monoisotopic (exact) mass is 407 g/mol. The van der Waals surface area contributed by atoms with Crippen LogP contribution in [0.2, 0.25) is 0 Å². The third-order valence-corrected chi connectivity index (χ3v) is 5.44. The number of imidazole rings is 1. The predicted molar refractivity (Wildman–Crippen MR) is 124 cm³/mol. The van der Waals surface area contributed by atoms with E-state index in [4.69, 9.17) is 4.98 Å². The Hall–Kier alpha value is -4.06. The minimum absolute atomic E-state index is 0.111. The molecule has 0 saturated heterocycles. The number of para-hydroxylation sites is 2. The molecule has 3 heterocycles. The second kappa shape index (κ2) is 7.32. The van der Waals surface area contributed by atoms with Crippen LogP contribution in [0.3, 0.4) is 0 Å². The highest BCUT2D eigenvalue weighted by molar-refractivity contribution is 5.88. The largest absolute Gasteiger partial charge is 0.342 e. The van der Waals surface area contributed by atoms with Gasteiger partial charge in [0.05, 0.1) is 33.8 Å². The molecule has 2 aromatic carbocycles. The van der Waals surface area contributed by atoms with E-state index < -0.39 is 0 Å². The molecule has 6 heteroatoms. The Balaban J connectivity index is 1.78. The molecule has 6 nitrogen and oxygen atoms in total. The highest BCUT2D eigenvalue weighted by Gasteiger charge is 2.15. The van der Waals surface area contributed by atoms with Crippen LogP contribution in [-0.2, 0) is 0 Å². The second-order valence-corrected chi connectivity index (χ2v) is 7.64. The number of hydrogen-bond acceptors (Lipinski definition) is 4. The molecule has 0 atom stereocenters. The topological polar surface area (TPSA) is 76.5 Å². The van der Waals surface area contributed by atoms with E-state index in [1.54, 1.807) is 23.0 Å². The number of benzene rings is 2. The number of rotatable bonds is 3. The summed E-state index contributed by atoms with van der Waals surface area (Å²) in [6.07, 6.45) is 7.10. The number of hydrogen-bond donors (Lipinski definition) is 1. The van der Waals surface area contributed by atoms with E-state index in [0.717, 1.165) is 39.2 Å². The number of H-pyrrole nitrogens is 1. The van der Waals surface area contributed by atoms with Gasteiger partial charge in [-0.05, 0) is 56.2 Å². The average Bonchev–Trinajstić information content (AvgIpc) is 3.14. The zero-order chi connectivity index (χ0) is 21.5. The second-order valence-electron chi connectivity index (χ2n) is 7.64. The summed E-state index contributed by atoms with van der Waals surface area (Å²) >= 11 is 0. The molecule has 0 amide bonds. The van der Waals surface area contributed by atoms with Gasteiger partial charge >= 0.3 is 0 Å². The van der Waals surface area contributed by atoms with Crippen LogP contribution in [0.5, 0.6) is 0 Å². The van der Waals surface area contributed by atoms with Gasteiger partial charge in [-0.3, -0.25) is 14.3 Å². The first-order valence-electron chi connectivity index (χ1n) is 10.1. The maximum atomic E-state index is 13.5. The Morgan fingerprint density at radius 2 is 1.68 bits per heavy atom. The van der Waals surface area contributed by atoms with Crippen LogP contribution in [0.1, 0.15) is 28.3 Å². The number of fused-ring (bicyclic) bond motifs is 2. The molecular formula is C25H21N5O. The van der Waals surface area contributed by atoms with Crippen molar-refractivity contribution >= 4 is 34.1 Å². The third-order valence-electron chi connectivity index (χ3n) is 5.44. The first kappa shape index (κ1) is 18.9. The minimum atomic E-state index is -0.111. The summed E-state index contributed by atoms with van der Waals surface area (Å²) < 4.78 is 1.70. The summed E-state index contributed by atoms with van der Waals surface area (Å²) in [5.74, 6) is 1.41. The minimum Gasteiger partial charge on any atom is -0.342 e. The number of aromatic amines is 1. The molecule has 1 N–H and O–H groups in total. The van der Waals surface area contributed by atoms with Crippen LogP contribution >= 0.6 is 0 Å². The van der Waals surface area contributed by atoms with Gasteiger partial charge in [-0.25, -0.2) is 9.97 Å². The summed E-state index contributed by atoms with van der Waals surface area (Å²) in [4.78, 5) is 30.3. The molecule has 0 fully saturated rings. The summed E-state index contributed by atoms with van der Waals surface area (Å²) in [5, 5.41) is 0.543. The molecule has 0 spiro atoms. The van der Waals surface area contributed by atoms with Gasteiger partial charge in [0.2, 0.25) is 0 Å². The maximum Gasteiger partial charge on any atom is 0.266 e. The summed E-state index contributed by atoms with van der Waals surface area (Å²) in [7, 11) is 0. The highest BCUT2D eigenvalue weighted by Crippen LogP contribution is 2.22. The first-order valence-corrected chi connectivity index (χ1v) is 10.1. The highest BCUT2D eigenvalue weighted by atomic mass is 16.1. The van der Waals surface area contributed by atoms with Crippen LogP contribution in [-0.4, -0.2) is 24.5 Å². The van der Waals surface area contributed by atoms with E-state index >= 15 is 0 Å². The molecule has 3 aromatic heterocycles. The first-order chi connectivity index (χ1) is 15.0. The Kier molecular flexibility index (Phi) is 4.47. The molecule has 5 rings (SSSR count). The number of nitrogens with zero attached hydrogens (tertiary/aromatic N) is 4. The van der Waals surface area contributed by atoms with E-state index in [0.29, 0.717) is 16.7 Å². The Morgan fingerprint density at radius 1 is 0.903 bits per heavy atom. The zero-order valence-corrected chi connectivity index (χ0v) is 17.5. The smallest absolute Gasteiger partial charge is 0.266 e. The van der Waals surface area contributed by atoms with Gasteiger partial charge in [0, 0.05) is 11.8 Å². The fourth-order valence-corrected chi connectivity index (χ4v) is 4.02. The molecule has 0 aliphatic rings. The van der Waals surface area contributed by atoms with Crippen molar-refractivity contribution in [3.05, 3.63) is 93.6 Å². The normalized spacial score (nSPS) is 11.7. The Morgan fingerprint density at radius 3 is 2.48 bits per heavy atom. The van der Waals surface area contributed by atoms with Crippen molar-refractivity contribution < 1.29 is 0 Å². The number of nitrogens with one attached hydrogen (secondary N) is 1. The van der Waals surface area contributed by atoms with Gasteiger partial charge in [0.15, 0.2) is 0 Å². The van der Waals surface area contributed by atoms with Crippen molar-refractivity contribution in [3.8, 4) is 5.69 Å². The van der Waals surface area contributed by atoms with E-state index in [9.17, 15) is 4.79 Å². The number of pyridine rings is 1. The lowest BCUT2D eigenvalue weighted by molar-refractivity contribution is 0.923. The van der Waals surface area contributed by atoms with Crippen molar-refractivity contribution in [2.75, 3.05) is 0 Å². The maximum absolute atomic E-state index is 13.5. The molecule has 5 aromatic rings. The van der Waals surface area contributed by atoms with Crippen molar-refractivity contribution in [3.63, 3.8) is 0 Å². The molecular weight excluding hydrogens is 386 g/mol. The zero-order valence-electron chi connectivity index (χ0n) is 17.5. The van der Waals surface area contributed by atoms with E-state index in [1.807, 2.05) is 69.3 Å². The van der Waals surface area contributed by atoms with E-state index in [-0.39, 0.29) is 5.56 Å². The van der Waals surface area contributed by atoms with Crippen LogP contribution in [0.4, 0.5) is 0 Å². The van der Waals surface area contributed by atoms with Crippen LogP contribution in [0.15, 0.2) is 59.7 Å². The average molecular weight is 407 g/mol. The van der Waals surface area contributed by atoms with Gasteiger partial charge in [-0.1, -0.05) is 30.3 Å². The van der Waals surface area contributed by atoms with Crippen LogP contribution in [0.25, 0.3) is 39.8 Å². The summed E-state index contributed by atoms with van der Waals surface area (Å²) in [6, 6.07) is 13.7. The molecule has 152 valence electrons. The van der Waals surface area contributed by atoms with Gasteiger partial charge in [0.25, 0.3) is 5.56 Å². The lowest BCUT2D eigenvalue weighted by Crippen LogP contribution is -2.24. The van der Waals surface area contributed by atoms with Crippen molar-refractivity contribution in [1.82, 2.24) is 24.5 Å². The third kappa shape index (κ3) is 3.22. The van der Waals surface area contributed by atoms with Crippen LogP contribution < -0.4 is 5.56 Å². The molecule has 0 aliphatic heterocycles. The van der Waals surface area contributed by atoms with E-state index in [2.05, 4.69) is 15.0 Å². The SMILES string of the molecule is Cc1nc2cccc(/C=C/c3nc4cnccc4c(=O)n3-c3c(C)cccc3C)c2[nH]1. The number of aryl methyl sites for hydroxylation is 3. The summed E-state index contributed by atoms with van der Waals surface area (Å²) in [6.45, 7) is 5.95. The fraction of sp³-hybridized carbons (Fsp3) is 0.120. The lowest BCUT2D eigenvalue weighted by atomic mass is 10.1. The fourth-order valence-electron chi connectivity index (χ4n) is 4.02. The molecule has 0 saturated carbocycles. The standard InChI is InChI=1S/C25H21N5O/c1-15-6-4-7-16(2)24(15)30-22(29-21-14-26-13-12-19(21)25(30)31)11-10-18-8-5-9-20-23(18)28-17(3)27-20/h4-14H,1-3H3,(H,27,28)/b11-10+. The van der Waals surface area contributed by atoms with Crippen molar-refractivity contribution in [1.29, 1.82) is 0 Å². The molecule has 0 aliphatic carbocycles. The molecule has 0 radical (unpaired) electrons. The van der Waals surface area contributed by atoms with Gasteiger partial charge in [-0.15, -0.1) is 0 Å². The Labute approximate surface area is 179 Å².